The first kappa shape index (κ1) is 16.8. The summed E-state index contributed by atoms with van der Waals surface area (Å²) in [5.41, 5.74) is 0.359. The number of rotatable bonds is 6. The molecule has 0 fully saturated rings. The monoisotopic (exact) mass is 380 g/mol. The summed E-state index contributed by atoms with van der Waals surface area (Å²) in [6.07, 6.45) is 0. The number of methoxy groups -OCH3 is 1. The number of benzene rings is 2. The third-order valence-electron chi connectivity index (χ3n) is 2.85. The summed E-state index contributed by atoms with van der Waals surface area (Å²) < 4.78 is 10.8. The van der Waals surface area contributed by atoms with Gasteiger partial charge in [-0.3, -0.25) is 14.9 Å². The Morgan fingerprint density at radius 1 is 1.26 bits per heavy atom. The molecule has 0 radical (unpaired) electrons. The third kappa shape index (κ3) is 4.68. The lowest BCUT2D eigenvalue weighted by Crippen LogP contribution is -2.20. The van der Waals surface area contributed by atoms with Crippen molar-refractivity contribution < 1.29 is 19.2 Å². The topological polar surface area (TPSA) is 90.7 Å². The molecule has 0 heterocycles. The first-order chi connectivity index (χ1) is 11.0. The predicted molar refractivity (Wildman–Crippen MR) is 87.9 cm³/mol. The van der Waals surface area contributed by atoms with Gasteiger partial charge in [0.1, 0.15) is 11.5 Å². The van der Waals surface area contributed by atoms with Crippen molar-refractivity contribution in [1.82, 2.24) is 0 Å². The van der Waals surface area contributed by atoms with Crippen LogP contribution < -0.4 is 14.8 Å². The minimum Gasteiger partial charge on any atom is -0.497 e. The van der Waals surface area contributed by atoms with E-state index in [9.17, 15) is 14.9 Å². The number of hydrogen-bond acceptors (Lipinski definition) is 5. The molecule has 0 bridgehead atoms. The van der Waals surface area contributed by atoms with E-state index in [0.717, 1.165) is 0 Å². The Hall–Kier alpha value is -2.61. The van der Waals surface area contributed by atoms with E-state index in [2.05, 4.69) is 21.2 Å². The van der Waals surface area contributed by atoms with Crippen molar-refractivity contribution >= 4 is 33.2 Å². The maximum absolute atomic E-state index is 11.9. The van der Waals surface area contributed by atoms with Crippen LogP contribution in [0.3, 0.4) is 0 Å². The number of anilines is 1. The van der Waals surface area contributed by atoms with E-state index in [-0.39, 0.29) is 18.2 Å². The van der Waals surface area contributed by atoms with Gasteiger partial charge in [0.2, 0.25) is 0 Å². The number of non-ortho nitro benzene ring substituents is 1. The molecule has 2 aromatic carbocycles. The molecule has 1 N–H and O–H groups in total. The first-order valence-electron chi connectivity index (χ1n) is 6.50. The molecule has 0 aromatic heterocycles. The lowest BCUT2D eigenvalue weighted by atomic mass is 10.3. The molecule has 2 rings (SSSR count). The van der Waals surface area contributed by atoms with Crippen molar-refractivity contribution in [3.63, 3.8) is 0 Å². The number of halogens is 1. The van der Waals surface area contributed by atoms with Crippen LogP contribution in [0.4, 0.5) is 11.4 Å². The van der Waals surface area contributed by atoms with Crippen molar-refractivity contribution in [3.8, 4) is 11.5 Å². The van der Waals surface area contributed by atoms with Crippen molar-refractivity contribution in [2.45, 2.75) is 0 Å². The van der Waals surface area contributed by atoms with Crippen molar-refractivity contribution in [3.05, 3.63) is 57.1 Å². The molecule has 0 saturated carbocycles. The van der Waals surface area contributed by atoms with Gasteiger partial charge in [-0.25, -0.2) is 0 Å². The van der Waals surface area contributed by atoms with E-state index >= 15 is 0 Å². The molecule has 1 amide bonds. The summed E-state index contributed by atoms with van der Waals surface area (Å²) in [6, 6.07) is 11.0. The number of carbonyl (C=O) groups is 1. The number of nitrogens with zero attached hydrogens (tertiary/aromatic N) is 1. The third-order valence-corrected chi connectivity index (χ3v) is 3.50. The van der Waals surface area contributed by atoms with Gasteiger partial charge < -0.3 is 14.8 Å². The molecule has 0 aliphatic heterocycles. The quantitative estimate of drug-likeness (QED) is 0.612. The molecular weight excluding hydrogens is 368 g/mol. The van der Waals surface area contributed by atoms with Crippen molar-refractivity contribution in [2.24, 2.45) is 0 Å². The lowest BCUT2D eigenvalue weighted by molar-refractivity contribution is -0.384. The highest BCUT2D eigenvalue weighted by molar-refractivity contribution is 9.10. The Labute approximate surface area is 140 Å². The van der Waals surface area contributed by atoms with Gasteiger partial charge in [0.15, 0.2) is 6.61 Å². The smallest absolute Gasteiger partial charge is 0.270 e. The summed E-state index contributed by atoms with van der Waals surface area (Å²) in [5.74, 6) is 0.741. The van der Waals surface area contributed by atoms with E-state index in [4.69, 9.17) is 9.47 Å². The minimum atomic E-state index is -0.512. The average molecular weight is 381 g/mol. The van der Waals surface area contributed by atoms with E-state index < -0.39 is 4.92 Å². The van der Waals surface area contributed by atoms with Crippen LogP contribution in [0, 0.1) is 10.1 Å². The largest absolute Gasteiger partial charge is 0.497 e. The van der Waals surface area contributed by atoms with Gasteiger partial charge in [-0.15, -0.1) is 0 Å². The van der Waals surface area contributed by atoms with Gasteiger partial charge >= 0.3 is 0 Å². The van der Waals surface area contributed by atoms with Gasteiger partial charge in [0, 0.05) is 22.7 Å². The maximum atomic E-state index is 11.9. The fourth-order valence-corrected chi connectivity index (χ4v) is 2.21. The molecule has 120 valence electrons. The van der Waals surface area contributed by atoms with Crippen LogP contribution >= 0.6 is 15.9 Å². The molecule has 0 spiro atoms. The summed E-state index contributed by atoms with van der Waals surface area (Å²) in [6.45, 7) is -0.198. The van der Waals surface area contributed by atoms with Gasteiger partial charge in [-0.05, 0) is 34.1 Å². The Kier molecular flexibility index (Phi) is 5.53. The molecule has 0 aliphatic carbocycles. The Morgan fingerprint density at radius 2 is 2.00 bits per heavy atom. The SMILES string of the molecule is COc1cccc(OCC(=O)Nc2ccc([N+](=O)[O-])cc2Br)c1. The zero-order valence-corrected chi connectivity index (χ0v) is 13.7. The molecule has 0 saturated heterocycles. The van der Waals surface area contributed by atoms with Crippen LogP contribution in [0.2, 0.25) is 0 Å². The number of nitrogens with one attached hydrogen (secondary N) is 1. The van der Waals surface area contributed by atoms with Crippen molar-refractivity contribution in [1.29, 1.82) is 0 Å². The highest BCUT2D eigenvalue weighted by atomic mass is 79.9. The molecule has 0 atom stereocenters. The second-order valence-electron chi connectivity index (χ2n) is 4.44. The minimum absolute atomic E-state index is 0.0671. The molecule has 23 heavy (non-hydrogen) atoms. The number of nitro groups is 1. The average Bonchev–Trinajstić information content (AvgIpc) is 2.55. The molecule has 7 nitrogen and oxygen atoms in total. The van der Waals surface area contributed by atoms with Gasteiger partial charge in [-0.1, -0.05) is 6.07 Å². The first-order valence-corrected chi connectivity index (χ1v) is 7.29. The Morgan fingerprint density at radius 3 is 2.65 bits per heavy atom. The van der Waals surface area contributed by atoms with Crippen LogP contribution in [0.5, 0.6) is 11.5 Å². The summed E-state index contributed by atoms with van der Waals surface area (Å²) in [7, 11) is 1.54. The zero-order chi connectivity index (χ0) is 16.8. The number of amides is 1. The summed E-state index contributed by atoms with van der Waals surface area (Å²) in [5, 5.41) is 13.3. The Balaban J connectivity index is 1.95. The Bertz CT molecular complexity index is 736. The summed E-state index contributed by atoms with van der Waals surface area (Å²) >= 11 is 3.18. The zero-order valence-electron chi connectivity index (χ0n) is 12.1. The lowest BCUT2D eigenvalue weighted by Gasteiger charge is -2.09. The predicted octanol–water partition coefficient (Wildman–Crippen LogP) is 3.38. The summed E-state index contributed by atoms with van der Waals surface area (Å²) in [4.78, 5) is 22.0. The number of ether oxygens (including phenoxy) is 2. The fourth-order valence-electron chi connectivity index (χ4n) is 1.75. The number of nitro benzene ring substituents is 1. The molecular formula is C15H13BrN2O5. The van der Waals surface area contributed by atoms with Crippen LogP contribution in [0.1, 0.15) is 0 Å². The second kappa shape index (κ2) is 7.59. The van der Waals surface area contributed by atoms with Crippen molar-refractivity contribution in [2.75, 3.05) is 19.0 Å². The van der Waals surface area contributed by atoms with E-state index in [0.29, 0.717) is 21.7 Å². The van der Waals surface area contributed by atoms with Crippen LogP contribution in [-0.4, -0.2) is 24.5 Å². The standard InChI is InChI=1S/C15H13BrN2O5/c1-22-11-3-2-4-12(8-11)23-9-15(19)17-14-6-5-10(18(20)21)7-13(14)16/h2-8H,9H2,1H3,(H,17,19). The molecule has 2 aromatic rings. The van der Waals surface area contributed by atoms with Gasteiger partial charge in [-0.2, -0.15) is 0 Å². The molecule has 0 aliphatic rings. The second-order valence-corrected chi connectivity index (χ2v) is 5.29. The van der Waals surface area contributed by atoms with Gasteiger partial charge in [0.25, 0.3) is 11.6 Å². The number of carbonyl (C=O) groups excluding carboxylic acids is 1. The normalized spacial score (nSPS) is 10.0. The van der Waals surface area contributed by atoms with E-state index in [1.807, 2.05) is 0 Å². The van der Waals surface area contributed by atoms with Crippen LogP contribution in [0.15, 0.2) is 46.9 Å². The van der Waals surface area contributed by atoms with Gasteiger partial charge in [0.05, 0.1) is 17.7 Å². The maximum Gasteiger partial charge on any atom is 0.270 e. The highest BCUT2D eigenvalue weighted by Crippen LogP contribution is 2.27. The van der Waals surface area contributed by atoms with Crippen LogP contribution in [-0.2, 0) is 4.79 Å². The highest BCUT2D eigenvalue weighted by Gasteiger charge is 2.11. The van der Waals surface area contributed by atoms with E-state index in [1.54, 1.807) is 24.3 Å². The number of hydrogen-bond donors (Lipinski definition) is 1. The molecule has 8 heteroatoms. The fraction of sp³-hybridized carbons (Fsp3) is 0.133. The molecule has 0 unspecified atom stereocenters. The van der Waals surface area contributed by atoms with E-state index in [1.165, 1.54) is 25.3 Å². The van der Waals surface area contributed by atoms with Crippen LogP contribution in [0.25, 0.3) is 0 Å².